The first-order valence-electron chi connectivity index (χ1n) is 14.6. The van der Waals surface area contributed by atoms with Crippen LogP contribution in [0.3, 0.4) is 0 Å². The van der Waals surface area contributed by atoms with Crippen molar-refractivity contribution >= 4 is 33.2 Å². The lowest BCUT2D eigenvalue weighted by Crippen LogP contribution is -2.49. The average Bonchev–Trinajstić information content (AvgIpc) is 2.93. The number of para-hydroxylation sites is 1. The molecule has 0 saturated heterocycles. The molecule has 3 aromatic carbocycles. The van der Waals surface area contributed by atoms with E-state index in [9.17, 15) is 23.1 Å². The first-order chi connectivity index (χ1) is 20.2. The van der Waals surface area contributed by atoms with Gasteiger partial charge in [0.2, 0.25) is 5.91 Å². The lowest BCUT2D eigenvalue weighted by molar-refractivity contribution is -0.119. The molecule has 0 bridgehead atoms. The molecule has 0 saturated carbocycles. The van der Waals surface area contributed by atoms with Crippen LogP contribution in [0.1, 0.15) is 58.6 Å². The van der Waals surface area contributed by atoms with E-state index in [0.717, 1.165) is 23.1 Å². The zero-order chi connectivity index (χ0) is 31.5. The molecule has 8 nitrogen and oxygen atoms in total. The molecule has 1 N–H and O–H groups in total. The summed E-state index contributed by atoms with van der Waals surface area (Å²) in [6.45, 7) is 9.61. The standard InChI is InChI=1S/C34H42N2O6S/c1-23(2)30-21-32(38)36(29-15-8-7-11-24(29)13-10-18-35(30)33(39)42-34(3,4)5)28-14-9-12-25(19-28)26-16-17-27(22-37)31(20-26)43(6,40)41/h7-9,11-12,14-17,19-20,23,30,37H,10,13,18,21-22H2,1-6H3/t30-/m1/s1. The topological polar surface area (TPSA) is 104 Å². The molecule has 230 valence electrons. The van der Waals surface area contributed by atoms with Crippen LogP contribution in [0, 0.1) is 5.92 Å². The van der Waals surface area contributed by atoms with Crippen LogP contribution < -0.4 is 4.90 Å². The normalized spacial score (nSPS) is 16.7. The molecular formula is C34H42N2O6S. The molecule has 43 heavy (non-hydrogen) atoms. The summed E-state index contributed by atoms with van der Waals surface area (Å²) in [6.07, 6.45) is 2.15. The summed E-state index contributed by atoms with van der Waals surface area (Å²) in [5.74, 6) is -0.162. The van der Waals surface area contributed by atoms with Gasteiger partial charge in [-0.3, -0.25) is 9.69 Å². The minimum atomic E-state index is -3.58. The molecule has 2 amide bonds. The van der Waals surface area contributed by atoms with Crippen molar-refractivity contribution in [3.8, 4) is 11.1 Å². The van der Waals surface area contributed by atoms with Crippen LogP contribution in [-0.2, 0) is 32.4 Å². The highest BCUT2D eigenvalue weighted by molar-refractivity contribution is 7.90. The Hall–Kier alpha value is -3.69. The van der Waals surface area contributed by atoms with E-state index in [-0.39, 0.29) is 35.8 Å². The second-order valence-corrected chi connectivity index (χ2v) is 14.4. The zero-order valence-electron chi connectivity index (χ0n) is 25.8. The monoisotopic (exact) mass is 606 g/mol. The van der Waals surface area contributed by atoms with E-state index in [1.54, 1.807) is 28.0 Å². The van der Waals surface area contributed by atoms with Gasteiger partial charge in [-0.2, -0.15) is 0 Å². The molecule has 3 aromatic rings. The number of nitrogens with zero attached hydrogens (tertiary/aromatic N) is 2. The Balaban J connectivity index is 1.81. The van der Waals surface area contributed by atoms with Crippen LogP contribution in [0.5, 0.6) is 0 Å². The van der Waals surface area contributed by atoms with Gasteiger partial charge >= 0.3 is 6.09 Å². The van der Waals surface area contributed by atoms with E-state index >= 15 is 0 Å². The maximum Gasteiger partial charge on any atom is 0.410 e. The summed E-state index contributed by atoms with van der Waals surface area (Å²) in [5.41, 5.74) is 3.45. The SMILES string of the molecule is CC(C)[C@H]1CC(=O)N(c2cccc(-c3ccc(CO)c(S(C)(=O)=O)c3)c2)c2ccccc2CCCN1C(=O)OC(C)(C)C. The predicted octanol–water partition coefficient (Wildman–Crippen LogP) is 6.51. The van der Waals surface area contributed by atoms with E-state index in [0.29, 0.717) is 36.2 Å². The maximum absolute atomic E-state index is 14.3. The Morgan fingerprint density at radius 3 is 2.37 bits per heavy atom. The van der Waals surface area contributed by atoms with Crippen LogP contribution in [-0.4, -0.2) is 54.9 Å². The molecule has 0 aromatic heterocycles. The van der Waals surface area contributed by atoms with Crippen molar-refractivity contribution in [1.29, 1.82) is 0 Å². The summed E-state index contributed by atoms with van der Waals surface area (Å²) in [5, 5.41) is 9.70. The Morgan fingerprint density at radius 2 is 1.72 bits per heavy atom. The van der Waals surface area contributed by atoms with Crippen molar-refractivity contribution in [1.82, 2.24) is 4.90 Å². The lowest BCUT2D eigenvalue weighted by atomic mass is 9.95. The molecule has 0 spiro atoms. The smallest absolute Gasteiger partial charge is 0.410 e. The predicted molar refractivity (Wildman–Crippen MR) is 169 cm³/mol. The van der Waals surface area contributed by atoms with Gasteiger partial charge in [-0.1, -0.05) is 56.3 Å². The highest BCUT2D eigenvalue weighted by atomic mass is 32.2. The number of carbonyl (C=O) groups excluding carboxylic acids is 2. The van der Waals surface area contributed by atoms with Crippen molar-refractivity contribution < 1.29 is 27.9 Å². The molecule has 0 fully saturated rings. The fourth-order valence-electron chi connectivity index (χ4n) is 5.52. The highest BCUT2D eigenvalue weighted by Crippen LogP contribution is 2.36. The van der Waals surface area contributed by atoms with Crippen LogP contribution >= 0.6 is 0 Å². The molecule has 0 radical (unpaired) electrons. The summed E-state index contributed by atoms with van der Waals surface area (Å²) >= 11 is 0. The Labute approximate surface area is 255 Å². The van der Waals surface area contributed by atoms with Gasteiger partial charge in [0.05, 0.1) is 17.2 Å². The highest BCUT2D eigenvalue weighted by Gasteiger charge is 2.34. The molecule has 1 aliphatic heterocycles. The number of fused-ring (bicyclic) bond motifs is 1. The lowest BCUT2D eigenvalue weighted by Gasteiger charge is -2.38. The molecule has 1 atom stereocenters. The average molecular weight is 607 g/mol. The quantitative estimate of drug-likeness (QED) is 0.355. The molecule has 9 heteroatoms. The molecule has 0 unspecified atom stereocenters. The first kappa shape index (κ1) is 32.2. The summed E-state index contributed by atoms with van der Waals surface area (Å²) in [6, 6.07) is 19.8. The van der Waals surface area contributed by atoms with Gasteiger partial charge in [0.25, 0.3) is 0 Å². The van der Waals surface area contributed by atoms with E-state index in [2.05, 4.69) is 0 Å². The van der Waals surface area contributed by atoms with Gasteiger partial charge in [-0.05, 0) is 86.1 Å². The van der Waals surface area contributed by atoms with Crippen LogP contribution in [0.15, 0.2) is 71.6 Å². The number of hydrogen-bond acceptors (Lipinski definition) is 6. The number of ether oxygens (including phenoxy) is 1. The molecule has 1 heterocycles. The summed E-state index contributed by atoms with van der Waals surface area (Å²) in [4.78, 5) is 31.2. The number of aliphatic hydroxyl groups excluding tert-OH is 1. The molecule has 0 aliphatic carbocycles. The number of aryl methyl sites for hydroxylation is 1. The summed E-state index contributed by atoms with van der Waals surface area (Å²) in [7, 11) is -3.58. The minimum Gasteiger partial charge on any atom is -0.444 e. The Morgan fingerprint density at radius 1 is 1.02 bits per heavy atom. The third-order valence-corrected chi connectivity index (χ3v) is 8.76. The van der Waals surface area contributed by atoms with Gasteiger partial charge in [0.1, 0.15) is 5.60 Å². The van der Waals surface area contributed by atoms with Gasteiger partial charge in [0.15, 0.2) is 9.84 Å². The summed E-state index contributed by atoms with van der Waals surface area (Å²) < 4.78 is 30.7. The first-order valence-corrected chi connectivity index (χ1v) is 16.5. The van der Waals surface area contributed by atoms with Gasteiger partial charge in [-0.25, -0.2) is 13.2 Å². The van der Waals surface area contributed by atoms with Crippen molar-refractivity contribution in [2.24, 2.45) is 5.92 Å². The molecule has 4 rings (SSSR count). The van der Waals surface area contributed by atoms with Crippen LogP contribution in [0.4, 0.5) is 16.2 Å². The van der Waals surface area contributed by atoms with Crippen LogP contribution in [0.25, 0.3) is 11.1 Å². The largest absolute Gasteiger partial charge is 0.444 e. The van der Waals surface area contributed by atoms with Crippen molar-refractivity contribution in [2.75, 3.05) is 17.7 Å². The van der Waals surface area contributed by atoms with E-state index in [1.807, 2.05) is 83.1 Å². The number of aliphatic hydroxyl groups is 1. The van der Waals surface area contributed by atoms with Crippen molar-refractivity contribution in [3.63, 3.8) is 0 Å². The second-order valence-electron chi connectivity index (χ2n) is 12.5. The molecule has 1 aliphatic rings. The van der Waals surface area contributed by atoms with E-state index < -0.39 is 21.5 Å². The molecular weight excluding hydrogens is 564 g/mol. The van der Waals surface area contributed by atoms with Gasteiger partial charge < -0.3 is 14.7 Å². The zero-order valence-corrected chi connectivity index (χ0v) is 26.6. The second kappa shape index (κ2) is 12.9. The van der Waals surface area contributed by atoms with Crippen LogP contribution in [0.2, 0.25) is 0 Å². The van der Waals surface area contributed by atoms with Crippen molar-refractivity contribution in [3.05, 3.63) is 77.9 Å². The minimum absolute atomic E-state index is 0.00113. The van der Waals surface area contributed by atoms with E-state index in [1.165, 1.54) is 0 Å². The van der Waals surface area contributed by atoms with Crippen molar-refractivity contribution in [2.45, 2.75) is 77.0 Å². The Bertz CT molecular complexity index is 1590. The fraction of sp³-hybridized carbons (Fsp3) is 0.412. The Kier molecular flexibility index (Phi) is 9.66. The van der Waals surface area contributed by atoms with Gasteiger partial charge in [-0.15, -0.1) is 0 Å². The van der Waals surface area contributed by atoms with E-state index in [4.69, 9.17) is 4.74 Å². The number of benzene rings is 3. The van der Waals surface area contributed by atoms with Gasteiger partial charge in [0, 0.05) is 31.0 Å². The number of rotatable bonds is 5. The number of hydrogen-bond donors (Lipinski definition) is 1. The number of anilines is 2. The fourth-order valence-corrected chi connectivity index (χ4v) is 6.47. The number of carbonyl (C=O) groups is 2. The number of amides is 2. The maximum atomic E-state index is 14.3. The third kappa shape index (κ3) is 7.64. The number of sulfone groups is 1. The third-order valence-electron chi connectivity index (χ3n) is 7.58.